The van der Waals surface area contributed by atoms with Crippen LogP contribution in [0.4, 0.5) is 0 Å². The van der Waals surface area contributed by atoms with Crippen molar-refractivity contribution in [3.8, 4) is 5.69 Å². The van der Waals surface area contributed by atoms with Crippen molar-refractivity contribution in [1.29, 1.82) is 0 Å². The van der Waals surface area contributed by atoms with E-state index in [-0.39, 0.29) is 0 Å². The lowest BCUT2D eigenvalue weighted by Gasteiger charge is -2.05. The van der Waals surface area contributed by atoms with Gasteiger partial charge in [-0.3, -0.25) is 4.98 Å². The minimum absolute atomic E-state index is 0.344. The molecule has 2 heterocycles. The molecule has 0 atom stereocenters. The van der Waals surface area contributed by atoms with Crippen LogP contribution in [0.2, 0.25) is 0 Å². The quantitative estimate of drug-likeness (QED) is 0.777. The van der Waals surface area contributed by atoms with Gasteiger partial charge in [-0.1, -0.05) is 0 Å². The van der Waals surface area contributed by atoms with Gasteiger partial charge in [-0.05, 0) is 32.9 Å². The Hall–Kier alpha value is -2.17. The maximum absolute atomic E-state index is 11.7. The predicted molar refractivity (Wildman–Crippen MR) is 66.8 cm³/mol. The molecule has 2 aromatic rings. The molecule has 0 aliphatic heterocycles. The van der Waals surface area contributed by atoms with E-state index in [0.717, 1.165) is 17.1 Å². The standard InChI is InChI=1S/C13H15N3O2/c1-4-18-13(17)12-10(3)16(8-15-12)11-6-5-9(2)14-7-11/h5-8H,4H2,1-3H3. The molecule has 0 amide bonds. The largest absolute Gasteiger partial charge is 0.461 e. The summed E-state index contributed by atoms with van der Waals surface area (Å²) in [5.74, 6) is -0.395. The van der Waals surface area contributed by atoms with Crippen LogP contribution < -0.4 is 0 Å². The van der Waals surface area contributed by atoms with E-state index in [9.17, 15) is 4.79 Å². The molecule has 0 aliphatic rings. The number of pyridine rings is 1. The fourth-order valence-corrected chi connectivity index (χ4v) is 1.67. The first kappa shape index (κ1) is 12.3. The summed E-state index contributed by atoms with van der Waals surface area (Å²) in [7, 11) is 0. The van der Waals surface area contributed by atoms with Gasteiger partial charge >= 0.3 is 5.97 Å². The minimum atomic E-state index is -0.395. The third-order valence-corrected chi connectivity index (χ3v) is 2.65. The molecule has 0 unspecified atom stereocenters. The zero-order valence-electron chi connectivity index (χ0n) is 10.7. The highest BCUT2D eigenvalue weighted by atomic mass is 16.5. The first-order chi connectivity index (χ1) is 8.63. The highest BCUT2D eigenvalue weighted by Gasteiger charge is 2.16. The Balaban J connectivity index is 2.36. The molecule has 0 radical (unpaired) electrons. The minimum Gasteiger partial charge on any atom is -0.461 e. The van der Waals surface area contributed by atoms with Gasteiger partial charge in [-0.25, -0.2) is 9.78 Å². The van der Waals surface area contributed by atoms with Crippen LogP contribution in [-0.4, -0.2) is 27.1 Å². The monoisotopic (exact) mass is 245 g/mol. The average molecular weight is 245 g/mol. The number of aryl methyl sites for hydroxylation is 1. The van der Waals surface area contributed by atoms with Crippen LogP contribution in [0.1, 0.15) is 28.8 Å². The molecule has 0 saturated heterocycles. The number of carbonyl (C=O) groups excluding carboxylic acids is 1. The lowest BCUT2D eigenvalue weighted by atomic mass is 10.3. The van der Waals surface area contributed by atoms with Crippen molar-refractivity contribution in [1.82, 2.24) is 14.5 Å². The molecule has 5 heteroatoms. The summed E-state index contributed by atoms with van der Waals surface area (Å²) < 4.78 is 6.76. The Labute approximate surface area is 105 Å². The molecule has 0 aliphatic carbocycles. The number of rotatable bonds is 3. The third-order valence-electron chi connectivity index (χ3n) is 2.65. The zero-order valence-corrected chi connectivity index (χ0v) is 10.7. The summed E-state index contributed by atoms with van der Waals surface area (Å²) in [6.45, 7) is 5.87. The van der Waals surface area contributed by atoms with E-state index < -0.39 is 5.97 Å². The van der Waals surface area contributed by atoms with Gasteiger partial charge in [0.05, 0.1) is 24.2 Å². The van der Waals surface area contributed by atoms with E-state index in [1.54, 1.807) is 19.4 Å². The topological polar surface area (TPSA) is 57.0 Å². The summed E-state index contributed by atoms with van der Waals surface area (Å²) in [4.78, 5) is 20.0. The van der Waals surface area contributed by atoms with Gasteiger partial charge in [-0.2, -0.15) is 0 Å². The second kappa shape index (κ2) is 5.00. The molecule has 18 heavy (non-hydrogen) atoms. The normalized spacial score (nSPS) is 10.4. The molecule has 2 aromatic heterocycles. The van der Waals surface area contributed by atoms with Crippen molar-refractivity contribution in [2.75, 3.05) is 6.61 Å². The van der Waals surface area contributed by atoms with Crippen LogP contribution in [0.15, 0.2) is 24.7 Å². The van der Waals surface area contributed by atoms with Crippen LogP contribution >= 0.6 is 0 Å². The number of hydrogen-bond donors (Lipinski definition) is 0. The summed E-state index contributed by atoms with van der Waals surface area (Å²) in [5, 5.41) is 0. The molecule has 94 valence electrons. The van der Waals surface area contributed by atoms with Crippen molar-refractivity contribution in [2.45, 2.75) is 20.8 Å². The van der Waals surface area contributed by atoms with Crippen LogP contribution in [0, 0.1) is 13.8 Å². The van der Waals surface area contributed by atoms with Gasteiger partial charge in [0, 0.05) is 5.69 Å². The number of ether oxygens (including phenoxy) is 1. The fourth-order valence-electron chi connectivity index (χ4n) is 1.67. The molecule has 0 bridgehead atoms. The highest BCUT2D eigenvalue weighted by molar-refractivity contribution is 5.88. The van der Waals surface area contributed by atoms with Crippen LogP contribution in [-0.2, 0) is 4.74 Å². The van der Waals surface area contributed by atoms with Crippen LogP contribution in [0.3, 0.4) is 0 Å². The molecule has 5 nitrogen and oxygen atoms in total. The SMILES string of the molecule is CCOC(=O)c1ncn(-c2ccc(C)nc2)c1C. The highest BCUT2D eigenvalue weighted by Crippen LogP contribution is 2.14. The third kappa shape index (κ3) is 2.25. The van der Waals surface area contributed by atoms with E-state index in [1.165, 1.54) is 0 Å². The Kier molecular flexibility index (Phi) is 3.41. The molecular formula is C13H15N3O2. The maximum Gasteiger partial charge on any atom is 0.358 e. The average Bonchev–Trinajstić information content (AvgIpc) is 2.73. The van der Waals surface area contributed by atoms with Crippen molar-refractivity contribution in [3.05, 3.63) is 41.7 Å². The molecule has 0 fully saturated rings. The summed E-state index contributed by atoms with van der Waals surface area (Å²) in [6.07, 6.45) is 3.35. The number of nitrogens with zero attached hydrogens (tertiary/aromatic N) is 3. The number of carbonyl (C=O) groups is 1. The summed E-state index contributed by atoms with van der Waals surface area (Å²) in [5.41, 5.74) is 2.92. The molecular weight excluding hydrogens is 230 g/mol. The van der Waals surface area contributed by atoms with E-state index in [1.807, 2.05) is 30.5 Å². The van der Waals surface area contributed by atoms with Gasteiger partial charge in [0.1, 0.15) is 6.33 Å². The van der Waals surface area contributed by atoms with Crippen molar-refractivity contribution in [3.63, 3.8) is 0 Å². The van der Waals surface area contributed by atoms with Crippen molar-refractivity contribution >= 4 is 5.97 Å². The van der Waals surface area contributed by atoms with Gasteiger partial charge in [-0.15, -0.1) is 0 Å². The lowest BCUT2D eigenvalue weighted by molar-refractivity contribution is 0.0519. The Morgan fingerprint density at radius 3 is 2.72 bits per heavy atom. The Morgan fingerprint density at radius 2 is 2.11 bits per heavy atom. The van der Waals surface area contributed by atoms with E-state index in [4.69, 9.17) is 4.74 Å². The Bertz CT molecular complexity index is 558. The number of hydrogen-bond acceptors (Lipinski definition) is 4. The number of esters is 1. The van der Waals surface area contributed by atoms with E-state index in [0.29, 0.717) is 12.3 Å². The smallest absolute Gasteiger partial charge is 0.358 e. The van der Waals surface area contributed by atoms with Crippen LogP contribution in [0.5, 0.6) is 0 Å². The van der Waals surface area contributed by atoms with Crippen molar-refractivity contribution < 1.29 is 9.53 Å². The molecule has 0 N–H and O–H groups in total. The number of aromatic nitrogens is 3. The number of imidazole rings is 1. The second-order valence-corrected chi connectivity index (χ2v) is 3.93. The molecule has 0 aromatic carbocycles. The Morgan fingerprint density at radius 1 is 1.33 bits per heavy atom. The van der Waals surface area contributed by atoms with Gasteiger partial charge in [0.2, 0.25) is 0 Å². The van der Waals surface area contributed by atoms with Gasteiger partial charge < -0.3 is 9.30 Å². The summed E-state index contributed by atoms with van der Waals surface area (Å²) in [6, 6.07) is 3.85. The maximum atomic E-state index is 11.7. The first-order valence-corrected chi connectivity index (χ1v) is 5.77. The second-order valence-electron chi connectivity index (χ2n) is 3.93. The first-order valence-electron chi connectivity index (χ1n) is 5.77. The van der Waals surface area contributed by atoms with Gasteiger partial charge in [0.15, 0.2) is 5.69 Å². The van der Waals surface area contributed by atoms with Gasteiger partial charge in [0.25, 0.3) is 0 Å². The molecule has 0 spiro atoms. The summed E-state index contributed by atoms with van der Waals surface area (Å²) >= 11 is 0. The lowest BCUT2D eigenvalue weighted by Crippen LogP contribution is -2.07. The zero-order chi connectivity index (χ0) is 13.1. The van der Waals surface area contributed by atoms with Crippen LogP contribution in [0.25, 0.3) is 5.69 Å². The van der Waals surface area contributed by atoms with E-state index >= 15 is 0 Å². The molecule has 0 saturated carbocycles. The fraction of sp³-hybridized carbons (Fsp3) is 0.308. The van der Waals surface area contributed by atoms with Crippen molar-refractivity contribution in [2.24, 2.45) is 0 Å². The predicted octanol–water partition coefficient (Wildman–Crippen LogP) is 2.06. The molecule has 2 rings (SSSR count). The van der Waals surface area contributed by atoms with E-state index in [2.05, 4.69) is 9.97 Å².